The molecule has 41 heavy (non-hydrogen) atoms. The zero-order chi connectivity index (χ0) is 28.6. The smallest absolute Gasteiger partial charge is 0.192 e. The maximum Gasteiger partial charge on any atom is 0.192 e. The third kappa shape index (κ3) is 7.25. The van der Waals surface area contributed by atoms with Crippen LogP contribution in [-0.2, 0) is 38.8 Å². The summed E-state index contributed by atoms with van der Waals surface area (Å²) in [5.74, 6) is -0.271. The predicted molar refractivity (Wildman–Crippen MR) is 162 cm³/mol. The van der Waals surface area contributed by atoms with E-state index in [1.807, 2.05) is 91.0 Å². The van der Waals surface area contributed by atoms with Crippen LogP contribution in [0.15, 0.2) is 115 Å². The third-order valence-corrected chi connectivity index (χ3v) is 7.68. The molecule has 1 aliphatic carbocycles. The van der Waals surface area contributed by atoms with E-state index in [1.54, 1.807) is 18.2 Å². The average molecular weight is 589 g/mol. The molecule has 4 aromatic carbocycles. The molecule has 1 fully saturated rings. The quantitative estimate of drug-likeness (QED) is 0.196. The molecule has 210 valence electrons. The van der Waals surface area contributed by atoms with Gasteiger partial charge < -0.3 is 19.9 Å². The van der Waals surface area contributed by atoms with Gasteiger partial charge in [-0.15, -0.1) is 0 Å². The van der Waals surface area contributed by atoms with Gasteiger partial charge in [0.1, 0.15) is 12.2 Å². The van der Waals surface area contributed by atoms with Gasteiger partial charge in [0.2, 0.25) is 0 Å². The fraction of sp³-hybridized carbons (Fsp3) is 0.206. The Balaban J connectivity index is 1.51. The summed E-state index contributed by atoms with van der Waals surface area (Å²) >= 11 is 13.0. The molecule has 4 aromatic rings. The van der Waals surface area contributed by atoms with Gasteiger partial charge >= 0.3 is 0 Å². The Hall–Kier alpha value is -3.45. The maximum absolute atomic E-state index is 14.1. The van der Waals surface area contributed by atoms with Gasteiger partial charge in [0.05, 0.1) is 36.0 Å². The summed E-state index contributed by atoms with van der Waals surface area (Å²) in [6.45, 7) is 0.838. The van der Waals surface area contributed by atoms with Gasteiger partial charge in [-0.1, -0.05) is 120 Å². The van der Waals surface area contributed by atoms with Crippen molar-refractivity contribution in [3.05, 3.63) is 147 Å². The summed E-state index contributed by atoms with van der Waals surface area (Å²) in [4.78, 5) is 14.1. The van der Waals surface area contributed by atoms with Crippen LogP contribution in [-0.4, -0.2) is 24.1 Å². The Morgan fingerprint density at radius 2 is 1.12 bits per heavy atom. The number of rotatable bonds is 10. The van der Waals surface area contributed by atoms with E-state index in [9.17, 15) is 4.79 Å². The lowest BCUT2D eigenvalue weighted by Gasteiger charge is -2.38. The second-order valence-electron chi connectivity index (χ2n) is 9.87. The highest BCUT2D eigenvalue weighted by atomic mass is 35.5. The second-order valence-corrected chi connectivity index (χ2v) is 10.7. The average Bonchev–Trinajstić information content (AvgIpc) is 3.00. The van der Waals surface area contributed by atoms with Gasteiger partial charge in [0.15, 0.2) is 5.78 Å². The number of benzene rings is 4. The molecule has 0 bridgehead atoms. The number of carbonyl (C=O) groups excluding carboxylic acids is 1. The number of carbonyl (C=O) groups is 1. The highest BCUT2D eigenvalue weighted by molar-refractivity contribution is 6.37. The van der Waals surface area contributed by atoms with Crippen LogP contribution in [0, 0.1) is 0 Å². The van der Waals surface area contributed by atoms with E-state index in [0.717, 1.165) is 16.7 Å². The van der Waals surface area contributed by atoms with Crippen molar-refractivity contribution in [2.24, 2.45) is 5.73 Å². The van der Waals surface area contributed by atoms with Crippen LogP contribution in [0.3, 0.4) is 0 Å². The molecule has 5 nitrogen and oxygen atoms in total. The molecule has 3 atom stereocenters. The van der Waals surface area contributed by atoms with E-state index in [-0.39, 0.29) is 24.5 Å². The van der Waals surface area contributed by atoms with Gasteiger partial charge in [0, 0.05) is 23.3 Å². The molecule has 0 aromatic heterocycles. The topological polar surface area (TPSA) is 70.8 Å². The summed E-state index contributed by atoms with van der Waals surface area (Å²) in [6, 6.07) is 34.5. The van der Waals surface area contributed by atoms with Crippen molar-refractivity contribution >= 4 is 34.7 Å². The number of hydrogen-bond acceptors (Lipinski definition) is 5. The molecule has 0 aliphatic heterocycles. The molecule has 5 rings (SSSR count). The molecule has 0 heterocycles. The lowest BCUT2D eigenvalue weighted by atomic mass is 9.83. The van der Waals surface area contributed by atoms with Crippen molar-refractivity contribution in [3.8, 4) is 0 Å². The van der Waals surface area contributed by atoms with Crippen molar-refractivity contribution in [1.29, 1.82) is 0 Å². The Labute approximate surface area is 250 Å². The number of hydrogen-bond donors (Lipinski definition) is 1. The summed E-state index contributed by atoms with van der Waals surface area (Å²) < 4.78 is 19.2. The van der Waals surface area contributed by atoms with Crippen LogP contribution in [0.4, 0.5) is 0 Å². The second kappa shape index (κ2) is 13.9. The Morgan fingerprint density at radius 3 is 1.63 bits per heavy atom. The fourth-order valence-corrected chi connectivity index (χ4v) is 5.51. The molecule has 0 amide bonds. The number of halogens is 2. The normalized spacial score (nSPS) is 20.1. The van der Waals surface area contributed by atoms with Gasteiger partial charge in [-0.25, -0.2) is 0 Å². The summed E-state index contributed by atoms with van der Waals surface area (Å²) in [5.41, 5.74) is 10.6. The van der Waals surface area contributed by atoms with Crippen LogP contribution in [0.5, 0.6) is 0 Å². The zero-order valence-electron chi connectivity index (χ0n) is 22.4. The maximum atomic E-state index is 14.1. The van der Waals surface area contributed by atoms with Gasteiger partial charge in [-0.05, 0) is 28.8 Å². The summed E-state index contributed by atoms with van der Waals surface area (Å²) in [7, 11) is 0. The molecular formula is C34H31Cl2NO4. The Kier molecular flexibility index (Phi) is 9.88. The van der Waals surface area contributed by atoms with Gasteiger partial charge in [-0.2, -0.15) is 0 Å². The van der Waals surface area contributed by atoms with Crippen LogP contribution < -0.4 is 5.73 Å². The third-order valence-electron chi connectivity index (χ3n) is 7.05. The number of ether oxygens (including phenoxy) is 3. The van der Waals surface area contributed by atoms with E-state index in [2.05, 4.69) is 0 Å². The molecule has 7 heteroatoms. The first-order valence-corrected chi connectivity index (χ1v) is 14.2. The summed E-state index contributed by atoms with van der Waals surface area (Å²) in [6.07, 6.45) is -1.98. The molecule has 0 unspecified atom stereocenters. The first-order valence-electron chi connectivity index (χ1n) is 13.4. The number of ketones is 1. The van der Waals surface area contributed by atoms with Crippen LogP contribution in [0.25, 0.3) is 5.70 Å². The molecule has 2 N–H and O–H groups in total. The monoisotopic (exact) mass is 587 g/mol. The van der Waals surface area contributed by atoms with Crippen LogP contribution >= 0.6 is 23.2 Å². The van der Waals surface area contributed by atoms with E-state index in [1.165, 1.54) is 0 Å². The van der Waals surface area contributed by atoms with Crippen molar-refractivity contribution in [2.75, 3.05) is 0 Å². The highest BCUT2D eigenvalue weighted by Crippen LogP contribution is 2.37. The van der Waals surface area contributed by atoms with E-state index < -0.39 is 18.3 Å². The standard InChI is InChI=1S/C34H31Cl2NO4/c35-27-17-10-18-28(36)30(27)31(37)26-19-29(39-20-23-11-4-1-5-12-23)33(40-21-24-13-6-2-7-14-24)34(32(26)38)41-22-25-15-8-3-9-16-25/h1-18,29,33-34H,19-22,37H2/b31-26-/t29-,33+,34+/m0/s1. The molecule has 0 spiro atoms. The number of nitrogens with two attached hydrogens (primary N) is 1. The highest BCUT2D eigenvalue weighted by Gasteiger charge is 2.45. The lowest BCUT2D eigenvalue weighted by molar-refractivity contribution is -0.172. The van der Waals surface area contributed by atoms with Gasteiger partial charge in [-0.3, -0.25) is 4.79 Å². The molecule has 1 aliphatic rings. The van der Waals surface area contributed by atoms with Crippen LogP contribution in [0.2, 0.25) is 10.0 Å². The minimum atomic E-state index is -0.969. The largest absolute Gasteiger partial charge is 0.398 e. The first-order chi connectivity index (χ1) is 20.0. The molecular weight excluding hydrogens is 557 g/mol. The lowest BCUT2D eigenvalue weighted by Crippen LogP contribution is -2.52. The van der Waals surface area contributed by atoms with Crippen molar-refractivity contribution in [1.82, 2.24) is 0 Å². The SMILES string of the molecule is N/C(=C1/C[C@H](OCc2ccccc2)[C@@H](OCc2ccccc2)[C@H](OCc2ccccc2)C1=O)c1c(Cl)cccc1Cl. The van der Waals surface area contributed by atoms with E-state index in [4.69, 9.17) is 43.1 Å². The first kappa shape index (κ1) is 29.1. The zero-order valence-corrected chi connectivity index (χ0v) is 23.9. The Morgan fingerprint density at radius 1 is 0.659 bits per heavy atom. The van der Waals surface area contributed by atoms with Crippen molar-refractivity contribution in [2.45, 2.75) is 44.6 Å². The molecule has 0 radical (unpaired) electrons. The van der Waals surface area contributed by atoms with E-state index >= 15 is 0 Å². The summed E-state index contributed by atoms with van der Waals surface area (Å²) in [5, 5.41) is 0.725. The minimum Gasteiger partial charge on any atom is -0.398 e. The van der Waals surface area contributed by atoms with Crippen molar-refractivity contribution < 1.29 is 19.0 Å². The van der Waals surface area contributed by atoms with Crippen LogP contribution in [0.1, 0.15) is 28.7 Å². The van der Waals surface area contributed by atoms with E-state index in [0.29, 0.717) is 34.4 Å². The minimum absolute atomic E-state index is 0.212. The van der Waals surface area contributed by atoms with Gasteiger partial charge in [0.25, 0.3) is 0 Å². The molecule has 0 saturated heterocycles. The fourth-order valence-electron chi connectivity index (χ4n) is 4.91. The Bertz CT molecular complexity index is 1460. The van der Waals surface area contributed by atoms with Crippen molar-refractivity contribution in [3.63, 3.8) is 0 Å². The predicted octanol–water partition coefficient (Wildman–Crippen LogP) is 7.39. The molecule has 1 saturated carbocycles. The number of Topliss-reactive ketones (excluding diaryl/α,β-unsaturated/α-hetero) is 1.